The normalized spacial score (nSPS) is 14.8. The van der Waals surface area contributed by atoms with Gasteiger partial charge in [0.05, 0.1) is 18.6 Å². The second-order valence-corrected chi connectivity index (χ2v) is 8.24. The first kappa shape index (κ1) is 19.8. The second-order valence-electron chi connectivity index (χ2n) is 7.30. The monoisotopic (exact) mass is 411 g/mol. The van der Waals surface area contributed by atoms with Gasteiger partial charge in [-0.1, -0.05) is 49.2 Å². The van der Waals surface area contributed by atoms with Crippen molar-refractivity contribution in [3.8, 4) is 5.69 Å². The molecule has 152 valence electrons. The zero-order valence-corrected chi connectivity index (χ0v) is 17.6. The Labute approximate surface area is 174 Å². The molecule has 0 radical (unpaired) electrons. The van der Waals surface area contributed by atoms with Gasteiger partial charge in [0.1, 0.15) is 22.9 Å². The standard InChI is InChI=1S/C22H25N3O3S/c1-15-19(21(26)27-2)13-18(28-15)14-29-22-23-20(16-9-5-3-6-10-16)25(24-22)17-11-7-4-8-12-17/h4,7-8,11-13,16H,3,5-6,9-10,14H2,1-2H3. The molecule has 2 aromatic heterocycles. The van der Waals surface area contributed by atoms with Gasteiger partial charge in [-0.05, 0) is 38.0 Å². The van der Waals surface area contributed by atoms with Crippen LogP contribution in [0.15, 0.2) is 46.0 Å². The molecule has 0 spiro atoms. The minimum atomic E-state index is -0.381. The molecule has 1 fully saturated rings. The summed E-state index contributed by atoms with van der Waals surface area (Å²) in [6.07, 6.45) is 6.12. The Hall–Kier alpha value is -2.54. The molecule has 0 unspecified atom stereocenters. The lowest BCUT2D eigenvalue weighted by Gasteiger charge is -2.21. The average Bonchev–Trinajstić information content (AvgIpc) is 3.36. The lowest BCUT2D eigenvalue weighted by atomic mass is 9.88. The molecule has 6 nitrogen and oxygen atoms in total. The maximum Gasteiger partial charge on any atom is 0.341 e. The number of hydrogen-bond acceptors (Lipinski definition) is 6. The summed E-state index contributed by atoms with van der Waals surface area (Å²) in [5.74, 6) is 2.95. The average molecular weight is 412 g/mol. The number of aromatic nitrogens is 3. The van der Waals surface area contributed by atoms with E-state index < -0.39 is 0 Å². The summed E-state index contributed by atoms with van der Waals surface area (Å²) in [7, 11) is 1.37. The Balaban J connectivity index is 1.56. The van der Waals surface area contributed by atoms with E-state index in [9.17, 15) is 4.79 Å². The number of carbonyl (C=O) groups excluding carboxylic acids is 1. The van der Waals surface area contributed by atoms with E-state index in [1.807, 2.05) is 22.9 Å². The number of benzene rings is 1. The molecule has 29 heavy (non-hydrogen) atoms. The van der Waals surface area contributed by atoms with Gasteiger partial charge in [0, 0.05) is 5.92 Å². The van der Waals surface area contributed by atoms with Gasteiger partial charge in [0.2, 0.25) is 5.16 Å². The predicted octanol–water partition coefficient (Wildman–Crippen LogP) is 5.30. The highest BCUT2D eigenvalue weighted by Gasteiger charge is 2.24. The first-order chi connectivity index (χ1) is 14.2. The third-order valence-corrected chi connectivity index (χ3v) is 6.16. The molecule has 1 aromatic carbocycles. The van der Waals surface area contributed by atoms with Crippen molar-refractivity contribution in [1.82, 2.24) is 14.8 Å². The molecule has 0 amide bonds. The molecule has 0 bridgehead atoms. The van der Waals surface area contributed by atoms with Crippen LogP contribution in [0.4, 0.5) is 0 Å². The Morgan fingerprint density at radius 3 is 2.72 bits per heavy atom. The van der Waals surface area contributed by atoms with Crippen LogP contribution >= 0.6 is 11.8 Å². The fourth-order valence-corrected chi connectivity index (χ4v) is 4.52. The highest BCUT2D eigenvalue weighted by Crippen LogP contribution is 2.34. The van der Waals surface area contributed by atoms with E-state index in [0.717, 1.165) is 29.5 Å². The number of thioether (sulfide) groups is 1. The van der Waals surface area contributed by atoms with Gasteiger partial charge in [-0.15, -0.1) is 5.10 Å². The van der Waals surface area contributed by atoms with Gasteiger partial charge in [-0.25, -0.2) is 14.5 Å². The predicted molar refractivity (Wildman–Crippen MR) is 112 cm³/mol. The van der Waals surface area contributed by atoms with Gasteiger partial charge in [-0.2, -0.15) is 0 Å². The summed E-state index contributed by atoms with van der Waals surface area (Å²) in [5, 5.41) is 5.51. The van der Waals surface area contributed by atoms with Crippen LogP contribution in [-0.4, -0.2) is 27.8 Å². The minimum Gasteiger partial charge on any atom is -0.465 e. The second kappa shape index (κ2) is 8.86. The number of nitrogens with zero attached hydrogens (tertiary/aromatic N) is 3. The summed E-state index contributed by atoms with van der Waals surface area (Å²) in [6, 6.07) is 11.9. The maximum absolute atomic E-state index is 11.8. The Morgan fingerprint density at radius 2 is 2.00 bits per heavy atom. The van der Waals surface area contributed by atoms with Crippen LogP contribution in [0.25, 0.3) is 5.69 Å². The van der Waals surface area contributed by atoms with Gasteiger partial charge >= 0.3 is 5.97 Å². The van der Waals surface area contributed by atoms with Crippen molar-refractivity contribution < 1.29 is 13.9 Å². The number of esters is 1. The van der Waals surface area contributed by atoms with Gasteiger partial charge in [-0.3, -0.25) is 0 Å². The van der Waals surface area contributed by atoms with Crippen LogP contribution < -0.4 is 0 Å². The molecule has 0 N–H and O–H groups in total. The van der Waals surface area contributed by atoms with Crippen LogP contribution in [0.5, 0.6) is 0 Å². The lowest BCUT2D eigenvalue weighted by Crippen LogP contribution is -2.12. The summed E-state index contributed by atoms with van der Waals surface area (Å²) in [6.45, 7) is 1.77. The fourth-order valence-electron chi connectivity index (χ4n) is 3.81. The van der Waals surface area contributed by atoms with Crippen molar-refractivity contribution in [2.75, 3.05) is 7.11 Å². The van der Waals surface area contributed by atoms with Crippen LogP contribution in [0.2, 0.25) is 0 Å². The highest BCUT2D eigenvalue weighted by molar-refractivity contribution is 7.98. The number of furan rings is 1. The fraction of sp³-hybridized carbons (Fsp3) is 0.409. The molecule has 1 aliphatic rings. The van der Waals surface area contributed by atoms with E-state index in [4.69, 9.17) is 19.2 Å². The first-order valence-corrected chi connectivity index (χ1v) is 11.0. The molecule has 1 aliphatic carbocycles. The summed E-state index contributed by atoms with van der Waals surface area (Å²) >= 11 is 1.52. The maximum atomic E-state index is 11.8. The SMILES string of the molecule is COC(=O)c1cc(CSc2nc(C3CCCCC3)n(-c3ccccc3)n2)oc1C. The largest absolute Gasteiger partial charge is 0.465 e. The Kier molecular flexibility index (Phi) is 6.04. The Morgan fingerprint density at radius 1 is 1.24 bits per heavy atom. The molecule has 0 saturated heterocycles. The topological polar surface area (TPSA) is 70.2 Å². The lowest BCUT2D eigenvalue weighted by molar-refractivity contribution is 0.0599. The molecule has 1 saturated carbocycles. The number of methoxy groups -OCH3 is 1. The van der Waals surface area contributed by atoms with E-state index in [1.54, 1.807) is 13.0 Å². The van der Waals surface area contributed by atoms with Crippen LogP contribution in [0.1, 0.15) is 65.7 Å². The van der Waals surface area contributed by atoms with Gasteiger partial charge in [0.25, 0.3) is 0 Å². The van der Waals surface area contributed by atoms with E-state index in [1.165, 1.54) is 38.1 Å². The molecular formula is C22H25N3O3S. The van der Waals surface area contributed by atoms with Crippen molar-refractivity contribution in [3.63, 3.8) is 0 Å². The van der Waals surface area contributed by atoms with E-state index in [-0.39, 0.29) is 5.97 Å². The molecule has 7 heteroatoms. The number of carbonyl (C=O) groups is 1. The van der Waals surface area contributed by atoms with Crippen molar-refractivity contribution in [2.45, 2.75) is 55.9 Å². The van der Waals surface area contributed by atoms with E-state index >= 15 is 0 Å². The van der Waals surface area contributed by atoms with E-state index in [0.29, 0.717) is 28.8 Å². The van der Waals surface area contributed by atoms with Crippen LogP contribution in [0, 0.1) is 6.92 Å². The smallest absolute Gasteiger partial charge is 0.341 e. The van der Waals surface area contributed by atoms with Crippen molar-refractivity contribution >= 4 is 17.7 Å². The number of rotatable bonds is 6. The van der Waals surface area contributed by atoms with E-state index in [2.05, 4.69) is 12.1 Å². The number of aryl methyl sites for hydroxylation is 1. The van der Waals surface area contributed by atoms with Gasteiger partial charge in [0.15, 0.2) is 0 Å². The minimum absolute atomic E-state index is 0.381. The molecule has 0 atom stereocenters. The third kappa shape index (κ3) is 4.40. The highest BCUT2D eigenvalue weighted by atomic mass is 32.2. The Bertz CT molecular complexity index is 975. The molecule has 4 rings (SSSR count). The summed E-state index contributed by atoms with van der Waals surface area (Å²) in [4.78, 5) is 16.7. The molecule has 3 aromatic rings. The third-order valence-electron chi connectivity index (χ3n) is 5.30. The van der Waals surface area contributed by atoms with Crippen molar-refractivity contribution in [1.29, 1.82) is 0 Å². The molecule has 2 heterocycles. The number of ether oxygens (including phenoxy) is 1. The van der Waals surface area contributed by atoms with Crippen LogP contribution in [-0.2, 0) is 10.5 Å². The summed E-state index contributed by atoms with van der Waals surface area (Å²) < 4.78 is 12.5. The van der Waals surface area contributed by atoms with Crippen molar-refractivity contribution in [3.05, 3.63) is 59.3 Å². The van der Waals surface area contributed by atoms with Crippen molar-refractivity contribution in [2.24, 2.45) is 0 Å². The number of hydrogen-bond donors (Lipinski definition) is 0. The molecular weight excluding hydrogens is 386 g/mol. The quantitative estimate of drug-likeness (QED) is 0.405. The van der Waals surface area contributed by atoms with Gasteiger partial charge < -0.3 is 9.15 Å². The zero-order chi connectivity index (χ0) is 20.2. The zero-order valence-electron chi connectivity index (χ0n) is 16.8. The summed E-state index contributed by atoms with van der Waals surface area (Å²) in [5.41, 5.74) is 1.50. The first-order valence-electron chi connectivity index (χ1n) is 9.98. The molecule has 0 aliphatic heterocycles. The number of para-hydroxylation sites is 1. The van der Waals surface area contributed by atoms with Crippen LogP contribution in [0.3, 0.4) is 0 Å².